The standard InChI is InChI=1S/C34H42N4O3/c1-21-13-14-25(29(34(5,6)32(39)40)27-15-16-28-30(22(27)2)36-37-38(28)7)19-26(21)18-23-10-8-11-24-12-9-17-35-31(24)41-33(3,4)20-23/h9,12-17,19,23,29H,8,10-11,18,20H2,1-7H3,(H,39,40). The minimum Gasteiger partial charge on any atom is -0.481 e. The molecule has 1 aliphatic heterocycles. The van der Waals surface area contributed by atoms with E-state index in [0.717, 1.165) is 65.7 Å². The summed E-state index contributed by atoms with van der Waals surface area (Å²) in [5.74, 6) is 0.000592. The zero-order chi connectivity index (χ0) is 29.5. The number of rotatable bonds is 6. The van der Waals surface area contributed by atoms with Crippen LogP contribution in [0.2, 0.25) is 0 Å². The minimum atomic E-state index is -1.04. The van der Waals surface area contributed by atoms with Gasteiger partial charge in [-0.25, -0.2) is 9.67 Å². The van der Waals surface area contributed by atoms with Crippen molar-refractivity contribution in [3.8, 4) is 5.88 Å². The number of ether oxygens (including phenoxy) is 1. The summed E-state index contributed by atoms with van der Waals surface area (Å²) in [6.07, 6.45) is 6.76. The first-order valence-corrected chi connectivity index (χ1v) is 14.6. The number of carboxylic acids is 1. The molecule has 2 aromatic carbocycles. The quantitative estimate of drug-likeness (QED) is 0.277. The van der Waals surface area contributed by atoms with E-state index in [9.17, 15) is 9.90 Å². The van der Waals surface area contributed by atoms with Gasteiger partial charge in [0, 0.05) is 24.7 Å². The van der Waals surface area contributed by atoms with Gasteiger partial charge < -0.3 is 9.84 Å². The monoisotopic (exact) mass is 554 g/mol. The second-order valence-corrected chi connectivity index (χ2v) is 13.0. The molecule has 1 N–H and O–H groups in total. The third-order valence-corrected chi connectivity index (χ3v) is 8.94. The Bertz CT molecular complexity index is 1590. The van der Waals surface area contributed by atoms with Crippen LogP contribution >= 0.6 is 0 Å². The molecule has 0 spiro atoms. The van der Waals surface area contributed by atoms with Gasteiger partial charge in [-0.2, -0.15) is 0 Å². The lowest BCUT2D eigenvalue weighted by Gasteiger charge is -2.33. The first-order valence-electron chi connectivity index (χ1n) is 14.6. The summed E-state index contributed by atoms with van der Waals surface area (Å²) in [6.45, 7) is 12.1. The van der Waals surface area contributed by atoms with Gasteiger partial charge in [0.05, 0.1) is 10.9 Å². The number of pyridine rings is 1. The highest BCUT2D eigenvalue weighted by Crippen LogP contribution is 2.44. The van der Waals surface area contributed by atoms with Crippen molar-refractivity contribution in [2.24, 2.45) is 18.4 Å². The van der Waals surface area contributed by atoms with Crippen molar-refractivity contribution in [1.82, 2.24) is 20.0 Å². The van der Waals surface area contributed by atoms with E-state index in [-0.39, 0.29) is 11.5 Å². The number of carboxylic acid groups (broad SMARTS) is 1. The number of carbonyl (C=O) groups is 1. The molecule has 1 aliphatic rings. The molecular formula is C34H42N4O3. The van der Waals surface area contributed by atoms with Crippen molar-refractivity contribution in [2.45, 2.75) is 85.2 Å². The van der Waals surface area contributed by atoms with E-state index in [1.54, 1.807) is 10.9 Å². The average molecular weight is 555 g/mol. The highest BCUT2D eigenvalue weighted by atomic mass is 16.5. The number of hydrogen-bond donors (Lipinski definition) is 1. The SMILES string of the molecule is Cc1ccc(C(c2ccc3c(nnn3C)c2C)C(C)(C)C(=O)O)cc1CC1CCCc2cccnc2OC(C)(C)C1. The Morgan fingerprint density at radius 1 is 1.20 bits per heavy atom. The number of aliphatic carboxylic acids is 1. The van der Waals surface area contributed by atoms with Crippen LogP contribution in [0.1, 0.15) is 86.3 Å². The molecule has 0 saturated carbocycles. The summed E-state index contributed by atoms with van der Waals surface area (Å²) in [6, 6.07) is 14.7. The van der Waals surface area contributed by atoms with Crippen molar-refractivity contribution in [1.29, 1.82) is 0 Å². The molecule has 2 aromatic heterocycles. The van der Waals surface area contributed by atoms with Gasteiger partial charge in [0.2, 0.25) is 5.88 Å². The molecule has 0 aliphatic carbocycles. The molecule has 0 fully saturated rings. The lowest BCUT2D eigenvalue weighted by atomic mass is 9.69. The Hall–Kier alpha value is -3.74. The molecule has 4 aromatic rings. The van der Waals surface area contributed by atoms with Crippen LogP contribution in [0.15, 0.2) is 48.7 Å². The summed E-state index contributed by atoms with van der Waals surface area (Å²) in [7, 11) is 1.87. The Kier molecular flexibility index (Phi) is 7.66. The topological polar surface area (TPSA) is 90.1 Å². The maximum absolute atomic E-state index is 12.7. The van der Waals surface area contributed by atoms with Crippen LogP contribution in [0.3, 0.4) is 0 Å². The van der Waals surface area contributed by atoms with Crippen LogP contribution in [0.5, 0.6) is 5.88 Å². The summed E-state index contributed by atoms with van der Waals surface area (Å²) >= 11 is 0. The zero-order valence-corrected chi connectivity index (χ0v) is 25.4. The van der Waals surface area contributed by atoms with E-state index in [1.807, 2.05) is 40.0 Å². The third-order valence-electron chi connectivity index (χ3n) is 8.94. The van der Waals surface area contributed by atoms with Crippen molar-refractivity contribution >= 4 is 17.0 Å². The van der Waals surface area contributed by atoms with Gasteiger partial charge in [-0.3, -0.25) is 4.79 Å². The van der Waals surface area contributed by atoms with Crippen LogP contribution in [0, 0.1) is 25.2 Å². The fraction of sp³-hybridized carbons (Fsp3) is 0.471. The number of aryl methyl sites for hydroxylation is 4. The maximum atomic E-state index is 12.7. The first kappa shape index (κ1) is 28.8. The van der Waals surface area contributed by atoms with Crippen molar-refractivity contribution in [3.05, 3.63) is 82.0 Å². The Morgan fingerprint density at radius 3 is 2.73 bits per heavy atom. The molecule has 0 amide bonds. The van der Waals surface area contributed by atoms with Crippen LogP contribution in [0.4, 0.5) is 0 Å². The zero-order valence-electron chi connectivity index (χ0n) is 25.4. The van der Waals surface area contributed by atoms with Crippen molar-refractivity contribution in [2.75, 3.05) is 0 Å². The van der Waals surface area contributed by atoms with E-state index < -0.39 is 11.4 Å². The molecule has 3 heterocycles. The molecule has 2 unspecified atom stereocenters. The van der Waals surface area contributed by atoms with Crippen LogP contribution in [0.25, 0.3) is 11.0 Å². The van der Waals surface area contributed by atoms with E-state index >= 15 is 0 Å². The van der Waals surface area contributed by atoms with Crippen LogP contribution in [-0.2, 0) is 24.7 Å². The average Bonchev–Trinajstić information content (AvgIpc) is 3.30. The second kappa shape index (κ2) is 10.9. The van der Waals surface area contributed by atoms with Gasteiger partial charge in [0.1, 0.15) is 11.1 Å². The van der Waals surface area contributed by atoms with Gasteiger partial charge in [-0.1, -0.05) is 35.5 Å². The van der Waals surface area contributed by atoms with Gasteiger partial charge in [-0.05, 0) is 120 Å². The lowest BCUT2D eigenvalue weighted by molar-refractivity contribution is -0.147. The summed E-state index contributed by atoms with van der Waals surface area (Å²) in [4.78, 5) is 17.2. The normalized spacial score (nSPS) is 18.1. The maximum Gasteiger partial charge on any atom is 0.310 e. The van der Waals surface area contributed by atoms with Gasteiger partial charge >= 0.3 is 5.97 Å². The van der Waals surface area contributed by atoms with E-state index in [0.29, 0.717) is 5.92 Å². The minimum absolute atomic E-state index is 0.347. The summed E-state index contributed by atoms with van der Waals surface area (Å²) < 4.78 is 8.21. The molecule has 5 rings (SSSR count). The van der Waals surface area contributed by atoms with E-state index in [1.165, 1.54) is 16.7 Å². The highest BCUT2D eigenvalue weighted by molar-refractivity contribution is 5.81. The smallest absolute Gasteiger partial charge is 0.310 e. The molecule has 7 heteroatoms. The number of fused-ring (bicyclic) bond motifs is 2. The van der Waals surface area contributed by atoms with Gasteiger partial charge in [0.15, 0.2) is 0 Å². The number of nitrogens with zero attached hydrogens (tertiary/aromatic N) is 4. The number of aromatic nitrogens is 4. The Morgan fingerprint density at radius 2 is 1.98 bits per heavy atom. The molecule has 0 radical (unpaired) electrons. The van der Waals surface area contributed by atoms with Crippen LogP contribution < -0.4 is 4.74 Å². The summed E-state index contributed by atoms with van der Waals surface area (Å²) in [5.41, 5.74) is 6.99. The molecule has 41 heavy (non-hydrogen) atoms. The molecule has 0 saturated heterocycles. The molecule has 0 bridgehead atoms. The largest absolute Gasteiger partial charge is 0.481 e. The fourth-order valence-electron chi connectivity index (χ4n) is 6.63. The van der Waals surface area contributed by atoms with Crippen molar-refractivity contribution in [3.63, 3.8) is 0 Å². The summed E-state index contributed by atoms with van der Waals surface area (Å²) in [5, 5.41) is 19.0. The second-order valence-electron chi connectivity index (χ2n) is 13.0. The fourth-order valence-corrected chi connectivity index (χ4v) is 6.63. The predicted octanol–water partition coefficient (Wildman–Crippen LogP) is 6.97. The van der Waals surface area contributed by atoms with E-state index in [2.05, 4.69) is 66.4 Å². The Labute approximate surface area is 243 Å². The van der Waals surface area contributed by atoms with E-state index in [4.69, 9.17) is 4.74 Å². The van der Waals surface area contributed by atoms with Gasteiger partial charge in [0.25, 0.3) is 0 Å². The molecule has 216 valence electrons. The molecule has 7 nitrogen and oxygen atoms in total. The highest BCUT2D eigenvalue weighted by Gasteiger charge is 2.40. The number of benzene rings is 2. The Balaban J connectivity index is 1.51. The lowest BCUT2D eigenvalue weighted by Crippen LogP contribution is -2.33. The molecular weight excluding hydrogens is 512 g/mol. The first-order chi connectivity index (χ1) is 19.4. The number of hydrogen-bond acceptors (Lipinski definition) is 5. The molecule has 2 atom stereocenters. The van der Waals surface area contributed by atoms with Crippen LogP contribution in [-0.4, -0.2) is 36.7 Å². The van der Waals surface area contributed by atoms with Crippen molar-refractivity contribution < 1.29 is 14.6 Å². The third kappa shape index (κ3) is 5.72. The predicted molar refractivity (Wildman–Crippen MR) is 161 cm³/mol. The van der Waals surface area contributed by atoms with Gasteiger partial charge in [-0.15, -0.1) is 5.10 Å².